The van der Waals surface area contributed by atoms with Crippen molar-refractivity contribution in [2.24, 2.45) is 0 Å². The lowest BCUT2D eigenvalue weighted by atomic mass is 10.1. The van der Waals surface area contributed by atoms with E-state index in [-0.39, 0.29) is 5.78 Å². The number of carbonyl (C=O) groups is 1. The zero-order chi connectivity index (χ0) is 13.9. The number of fused-ring (bicyclic) bond motifs is 4. The van der Waals surface area contributed by atoms with Crippen molar-refractivity contribution < 1.29 is 4.79 Å². The zero-order valence-corrected chi connectivity index (χ0v) is 10.8. The molecule has 0 bridgehead atoms. The minimum absolute atomic E-state index is 0.0560. The molecule has 0 fully saturated rings. The van der Waals surface area contributed by atoms with Crippen molar-refractivity contribution in [3.05, 3.63) is 53.2 Å². The SMILES string of the molecule is Cc1cc2nc3c(nc2cc1N)-c1ccccc1C3=O. The van der Waals surface area contributed by atoms with E-state index < -0.39 is 0 Å². The Labute approximate surface area is 115 Å². The molecule has 20 heavy (non-hydrogen) atoms. The van der Waals surface area contributed by atoms with Crippen molar-refractivity contribution >= 4 is 22.5 Å². The molecule has 1 aliphatic carbocycles. The Morgan fingerprint density at radius 3 is 2.40 bits per heavy atom. The van der Waals surface area contributed by atoms with Crippen LogP contribution in [0.4, 0.5) is 5.69 Å². The highest BCUT2D eigenvalue weighted by atomic mass is 16.1. The second-order valence-corrected chi connectivity index (χ2v) is 4.99. The third kappa shape index (κ3) is 1.33. The van der Waals surface area contributed by atoms with Crippen molar-refractivity contribution in [2.75, 3.05) is 5.73 Å². The molecular formula is C16H11N3O. The van der Waals surface area contributed by atoms with Crippen LogP contribution in [0.1, 0.15) is 21.6 Å². The fourth-order valence-corrected chi connectivity index (χ4v) is 2.58. The van der Waals surface area contributed by atoms with E-state index in [0.717, 1.165) is 16.6 Å². The molecule has 1 aromatic heterocycles. The van der Waals surface area contributed by atoms with E-state index >= 15 is 0 Å². The molecule has 0 unspecified atom stereocenters. The Bertz CT molecular complexity index is 900. The fraction of sp³-hybridized carbons (Fsp3) is 0.0625. The molecule has 0 saturated heterocycles. The Morgan fingerprint density at radius 2 is 1.60 bits per heavy atom. The number of rotatable bonds is 0. The van der Waals surface area contributed by atoms with Crippen molar-refractivity contribution in [2.45, 2.75) is 6.92 Å². The number of hydrogen-bond donors (Lipinski definition) is 1. The topological polar surface area (TPSA) is 68.9 Å². The number of nitrogen functional groups attached to an aromatic ring is 1. The molecule has 3 aromatic rings. The van der Waals surface area contributed by atoms with E-state index in [2.05, 4.69) is 9.97 Å². The molecular weight excluding hydrogens is 250 g/mol. The molecule has 0 atom stereocenters. The van der Waals surface area contributed by atoms with Gasteiger partial charge in [0.2, 0.25) is 5.78 Å². The van der Waals surface area contributed by atoms with E-state index in [9.17, 15) is 4.79 Å². The summed E-state index contributed by atoms with van der Waals surface area (Å²) < 4.78 is 0. The minimum atomic E-state index is -0.0560. The molecule has 1 heterocycles. The number of aryl methyl sites for hydroxylation is 1. The normalized spacial score (nSPS) is 12.6. The van der Waals surface area contributed by atoms with Gasteiger partial charge in [-0.1, -0.05) is 24.3 Å². The smallest absolute Gasteiger partial charge is 0.214 e. The third-order valence-corrected chi connectivity index (χ3v) is 3.69. The van der Waals surface area contributed by atoms with Crippen molar-refractivity contribution in [3.8, 4) is 11.3 Å². The lowest BCUT2D eigenvalue weighted by molar-refractivity contribution is 0.103. The Kier molecular flexibility index (Phi) is 2.02. The largest absolute Gasteiger partial charge is 0.398 e. The third-order valence-electron chi connectivity index (χ3n) is 3.69. The average Bonchev–Trinajstić information content (AvgIpc) is 2.72. The predicted molar refractivity (Wildman–Crippen MR) is 77.6 cm³/mol. The summed E-state index contributed by atoms with van der Waals surface area (Å²) >= 11 is 0. The van der Waals surface area contributed by atoms with Crippen LogP contribution in [0, 0.1) is 6.92 Å². The average molecular weight is 261 g/mol. The lowest BCUT2D eigenvalue weighted by Crippen LogP contribution is -2.01. The monoisotopic (exact) mass is 261 g/mol. The Hall–Kier alpha value is -2.75. The first kappa shape index (κ1) is 11.1. The summed E-state index contributed by atoms with van der Waals surface area (Å²) in [5, 5.41) is 0. The first-order chi connectivity index (χ1) is 9.65. The van der Waals surface area contributed by atoms with Gasteiger partial charge >= 0.3 is 0 Å². The summed E-state index contributed by atoms with van der Waals surface area (Å²) in [6.45, 7) is 1.92. The van der Waals surface area contributed by atoms with Crippen LogP contribution >= 0.6 is 0 Å². The minimum Gasteiger partial charge on any atom is -0.398 e. The van der Waals surface area contributed by atoms with E-state index in [0.29, 0.717) is 28.2 Å². The molecule has 4 heteroatoms. The van der Waals surface area contributed by atoms with Crippen LogP contribution in [0.2, 0.25) is 0 Å². The van der Waals surface area contributed by atoms with Crippen LogP contribution in [-0.2, 0) is 0 Å². The molecule has 0 aliphatic heterocycles. The van der Waals surface area contributed by atoms with Crippen LogP contribution in [0.3, 0.4) is 0 Å². The van der Waals surface area contributed by atoms with Crippen molar-refractivity contribution in [3.63, 3.8) is 0 Å². The molecule has 1 aliphatic rings. The summed E-state index contributed by atoms with van der Waals surface area (Å²) in [6, 6.07) is 11.1. The van der Waals surface area contributed by atoms with Gasteiger partial charge in [0.15, 0.2) is 0 Å². The van der Waals surface area contributed by atoms with Gasteiger partial charge in [0.1, 0.15) is 11.4 Å². The second-order valence-electron chi connectivity index (χ2n) is 4.99. The molecule has 0 saturated carbocycles. The maximum Gasteiger partial charge on any atom is 0.214 e. The number of aromatic nitrogens is 2. The summed E-state index contributed by atoms with van der Waals surface area (Å²) in [4.78, 5) is 21.4. The van der Waals surface area contributed by atoms with Crippen molar-refractivity contribution in [1.82, 2.24) is 9.97 Å². The molecule has 0 spiro atoms. The van der Waals surface area contributed by atoms with Crippen LogP contribution < -0.4 is 5.73 Å². The molecule has 96 valence electrons. The summed E-state index contributed by atoms with van der Waals surface area (Å²) in [5.74, 6) is -0.0560. The van der Waals surface area contributed by atoms with E-state index in [1.165, 1.54) is 0 Å². The maximum absolute atomic E-state index is 12.4. The maximum atomic E-state index is 12.4. The number of hydrogen-bond acceptors (Lipinski definition) is 4. The van der Waals surface area contributed by atoms with Crippen molar-refractivity contribution in [1.29, 1.82) is 0 Å². The molecule has 2 N–H and O–H groups in total. The van der Waals surface area contributed by atoms with Gasteiger partial charge in [-0.15, -0.1) is 0 Å². The van der Waals surface area contributed by atoms with Gasteiger partial charge in [-0.3, -0.25) is 4.79 Å². The highest BCUT2D eigenvalue weighted by Crippen LogP contribution is 2.35. The quantitative estimate of drug-likeness (QED) is 0.494. The van der Waals surface area contributed by atoms with Gasteiger partial charge in [0.25, 0.3) is 0 Å². The number of benzene rings is 2. The van der Waals surface area contributed by atoms with Crippen LogP contribution in [0.25, 0.3) is 22.3 Å². The second kappa shape index (κ2) is 3.63. The van der Waals surface area contributed by atoms with Crippen LogP contribution in [0.15, 0.2) is 36.4 Å². The number of carbonyl (C=O) groups excluding carboxylic acids is 1. The Morgan fingerprint density at radius 1 is 0.950 bits per heavy atom. The number of nitrogens with two attached hydrogens (primary N) is 1. The lowest BCUT2D eigenvalue weighted by Gasteiger charge is -2.05. The van der Waals surface area contributed by atoms with Gasteiger partial charge in [0.05, 0.1) is 11.0 Å². The number of anilines is 1. The molecule has 4 nitrogen and oxygen atoms in total. The van der Waals surface area contributed by atoms with Gasteiger partial charge in [-0.25, -0.2) is 9.97 Å². The van der Waals surface area contributed by atoms with Gasteiger partial charge in [-0.2, -0.15) is 0 Å². The molecule has 2 aromatic carbocycles. The predicted octanol–water partition coefficient (Wildman–Crippen LogP) is 2.73. The van der Waals surface area contributed by atoms with Gasteiger partial charge in [-0.05, 0) is 24.6 Å². The summed E-state index contributed by atoms with van der Waals surface area (Å²) in [5.41, 5.74) is 11.6. The van der Waals surface area contributed by atoms with Crippen LogP contribution in [-0.4, -0.2) is 15.8 Å². The first-order valence-corrected chi connectivity index (χ1v) is 6.37. The van der Waals surface area contributed by atoms with Gasteiger partial charge < -0.3 is 5.73 Å². The van der Waals surface area contributed by atoms with Gasteiger partial charge in [0, 0.05) is 16.8 Å². The number of nitrogens with zero attached hydrogens (tertiary/aromatic N) is 2. The summed E-state index contributed by atoms with van der Waals surface area (Å²) in [7, 11) is 0. The highest BCUT2D eigenvalue weighted by molar-refractivity contribution is 6.20. The molecule has 0 radical (unpaired) electrons. The zero-order valence-electron chi connectivity index (χ0n) is 10.8. The molecule has 4 rings (SSSR count). The van der Waals surface area contributed by atoms with Crippen LogP contribution in [0.5, 0.6) is 0 Å². The highest BCUT2D eigenvalue weighted by Gasteiger charge is 2.29. The molecule has 0 amide bonds. The number of ketones is 1. The van der Waals surface area contributed by atoms with E-state index in [4.69, 9.17) is 5.73 Å². The standard InChI is InChI=1S/C16H11N3O/c1-8-6-12-13(7-11(8)17)18-14-9-4-2-3-5-10(9)16(20)15(14)19-12/h2-7H,17H2,1H3. The van der Waals surface area contributed by atoms with E-state index in [1.807, 2.05) is 43.3 Å². The fourth-order valence-electron chi connectivity index (χ4n) is 2.58. The van der Waals surface area contributed by atoms with E-state index in [1.54, 1.807) is 0 Å². The summed E-state index contributed by atoms with van der Waals surface area (Å²) in [6.07, 6.45) is 0. The Balaban J connectivity index is 2.10. The first-order valence-electron chi connectivity index (χ1n) is 6.37.